The fraction of sp³-hybridized carbons (Fsp3) is 0.889. The van der Waals surface area contributed by atoms with Crippen LogP contribution in [0.2, 0.25) is 0 Å². The van der Waals surface area contributed by atoms with E-state index in [1.165, 1.54) is 19.3 Å². The van der Waals surface area contributed by atoms with Gasteiger partial charge in [-0.05, 0) is 32.1 Å². The summed E-state index contributed by atoms with van der Waals surface area (Å²) in [6, 6.07) is 0. The maximum absolute atomic E-state index is 10.5. The van der Waals surface area contributed by atoms with Crippen LogP contribution in [0.3, 0.4) is 0 Å². The Bertz CT molecular complexity index is 376. The molecule has 0 aliphatic heterocycles. The first-order valence-electron chi connectivity index (χ1n) is 9.24. The lowest BCUT2D eigenvalue weighted by Crippen LogP contribution is -2.04. The minimum Gasteiger partial charge on any atom is -0.393 e. The van der Waals surface area contributed by atoms with Crippen molar-refractivity contribution in [3.05, 3.63) is 12.2 Å². The van der Waals surface area contributed by atoms with Crippen molar-refractivity contribution in [1.29, 1.82) is 0 Å². The molecule has 5 heteroatoms. The molecule has 0 aromatic heterocycles. The van der Waals surface area contributed by atoms with Gasteiger partial charge >= 0.3 is 0 Å². The molecule has 0 fully saturated rings. The van der Waals surface area contributed by atoms with Crippen LogP contribution in [0.1, 0.15) is 90.4 Å². The van der Waals surface area contributed by atoms with Gasteiger partial charge in [0.15, 0.2) is 0 Å². The van der Waals surface area contributed by atoms with Crippen LogP contribution in [0, 0.1) is 0 Å². The molecule has 0 aromatic carbocycles. The molecule has 0 amide bonds. The van der Waals surface area contributed by atoms with Gasteiger partial charge in [0.05, 0.1) is 11.9 Å². The van der Waals surface area contributed by atoms with Crippen LogP contribution in [0.4, 0.5) is 0 Å². The van der Waals surface area contributed by atoms with Crippen molar-refractivity contribution in [1.82, 2.24) is 0 Å². The first-order chi connectivity index (χ1) is 11.0. The average molecular weight is 349 g/mol. The average Bonchev–Trinajstić information content (AvgIpc) is 2.48. The van der Waals surface area contributed by atoms with E-state index in [1.807, 2.05) is 0 Å². The van der Waals surface area contributed by atoms with Crippen molar-refractivity contribution < 1.29 is 18.1 Å². The van der Waals surface area contributed by atoms with Gasteiger partial charge in [-0.15, -0.1) is 0 Å². The highest BCUT2D eigenvalue weighted by Crippen LogP contribution is 2.10. The van der Waals surface area contributed by atoms with Crippen molar-refractivity contribution >= 4 is 10.1 Å². The molecule has 0 bridgehead atoms. The summed E-state index contributed by atoms with van der Waals surface area (Å²) in [6.07, 6.45) is 17.5. The normalized spacial score (nSPS) is 13.7. The number of hydrogen-bond acceptors (Lipinski definition) is 3. The van der Waals surface area contributed by atoms with E-state index in [-0.39, 0.29) is 11.9 Å². The van der Waals surface area contributed by atoms with Gasteiger partial charge in [0, 0.05) is 0 Å². The molecule has 0 saturated heterocycles. The van der Waals surface area contributed by atoms with E-state index in [2.05, 4.69) is 19.1 Å². The van der Waals surface area contributed by atoms with Crippen LogP contribution in [-0.4, -0.2) is 29.9 Å². The summed E-state index contributed by atoms with van der Waals surface area (Å²) in [4.78, 5) is 0. The molecule has 0 unspecified atom stereocenters. The highest BCUT2D eigenvalue weighted by Gasteiger charge is 2.03. The number of aliphatic hydroxyl groups is 1. The largest absolute Gasteiger partial charge is 0.393 e. The summed E-state index contributed by atoms with van der Waals surface area (Å²) in [7, 11) is -3.78. The summed E-state index contributed by atoms with van der Waals surface area (Å²) in [5.74, 6) is -0.115. The van der Waals surface area contributed by atoms with Crippen molar-refractivity contribution in [3.8, 4) is 0 Å². The molecule has 2 N–H and O–H groups in total. The topological polar surface area (TPSA) is 74.6 Å². The minimum atomic E-state index is -3.78. The van der Waals surface area contributed by atoms with E-state index in [1.54, 1.807) is 0 Å². The van der Waals surface area contributed by atoms with Gasteiger partial charge in [-0.25, -0.2) is 0 Å². The molecule has 0 aliphatic carbocycles. The summed E-state index contributed by atoms with van der Waals surface area (Å²) < 4.78 is 29.7. The molecule has 0 aromatic rings. The van der Waals surface area contributed by atoms with E-state index in [0.29, 0.717) is 6.42 Å². The van der Waals surface area contributed by atoms with Gasteiger partial charge in [-0.3, -0.25) is 4.55 Å². The zero-order chi connectivity index (χ0) is 17.4. The number of unbranched alkanes of at least 4 members (excludes halogenated alkanes) is 9. The lowest BCUT2D eigenvalue weighted by molar-refractivity contribution is 0.163. The maximum atomic E-state index is 10.5. The highest BCUT2D eigenvalue weighted by atomic mass is 32.2. The molecular formula is C18H36O4S. The standard InChI is InChI=1S/C18H36O4S/c1-2-3-4-12-15-18(19)16-13-10-8-6-5-7-9-11-14-17-23(20,21)22/h10,13,18-19H,2-9,11-12,14-17H2,1H3,(H,20,21,22)/b13-10-/t18-/m1/s1. The number of allylic oxidation sites excluding steroid dienone is 1. The van der Waals surface area contributed by atoms with E-state index in [9.17, 15) is 13.5 Å². The number of hydrogen-bond donors (Lipinski definition) is 2. The lowest BCUT2D eigenvalue weighted by Gasteiger charge is -2.07. The van der Waals surface area contributed by atoms with E-state index in [4.69, 9.17) is 4.55 Å². The molecule has 0 saturated carbocycles. The molecule has 0 heterocycles. The van der Waals surface area contributed by atoms with Gasteiger partial charge in [0.25, 0.3) is 10.1 Å². The fourth-order valence-corrected chi connectivity index (χ4v) is 3.12. The predicted octanol–water partition coefficient (Wildman–Crippen LogP) is 4.88. The quantitative estimate of drug-likeness (QED) is 0.237. The van der Waals surface area contributed by atoms with Crippen molar-refractivity contribution in [2.45, 2.75) is 96.5 Å². The monoisotopic (exact) mass is 348 g/mol. The van der Waals surface area contributed by atoms with Crippen molar-refractivity contribution in [2.24, 2.45) is 0 Å². The Kier molecular flexibility index (Phi) is 14.9. The maximum Gasteiger partial charge on any atom is 0.264 e. The third-order valence-corrected chi connectivity index (χ3v) is 4.79. The lowest BCUT2D eigenvalue weighted by atomic mass is 10.1. The Morgan fingerprint density at radius 2 is 1.48 bits per heavy atom. The number of rotatable bonds is 16. The number of aliphatic hydroxyl groups excluding tert-OH is 1. The molecule has 0 aliphatic rings. The van der Waals surface area contributed by atoms with E-state index in [0.717, 1.165) is 57.8 Å². The van der Waals surface area contributed by atoms with Crippen LogP contribution in [0.25, 0.3) is 0 Å². The summed E-state index contributed by atoms with van der Waals surface area (Å²) >= 11 is 0. The van der Waals surface area contributed by atoms with E-state index < -0.39 is 10.1 Å². The van der Waals surface area contributed by atoms with Gasteiger partial charge in [-0.1, -0.05) is 70.4 Å². The smallest absolute Gasteiger partial charge is 0.264 e. The van der Waals surface area contributed by atoms with Gasteiger partial charge in [0.1, 0.15) is 0 Å². The van der Waals surface area contributed by atoms with E-state index >= 15 is 0 Å². The molecule has 138 valence electrons. The highest BCUT2D eigenvalue weighted by molar-refractivity contribution is 7.85. The van der Waals surface area contributed by atoms with Crippen molar-refractivity contribution in [2.75, 3.05) is 5.75 Å². The Morgan fingerprint density at radius 1 is 0.870 bits per heavy atom. The Morgan fingerprint density at radius 3 is 2.13 bits per heavy atom. The van der Waals surface area contributed by atoms with Gasteiger partial charge in [-0.2, -0.15) is 8.42 Å². The second kappa shape index (κ2) is 15.2. The first kappa shape index (κ1) is 22.6. The van der Waals surface area contributed by atoms with Gasteiger partial charge in [0.2, 0.25) is 0 Å². The minimum absolute atomic E-state index is 0.115. The summed E-state index contributed by atoms with van der Waals surface area (Å²) in [5.41, 5.74) is 0. The predicted molar refractivity (Wildman–Crippen MR) is 97.3 cm³/mol. The van der Waals surface area contributed by atoms with Crippen LogP contribution in [0.15, 0.2) is 12.2 Å². The zero-order valence-corrected chi connectivity index (χ0v) is 15.6. The zero-order valence-electron chi connectivity index (χ0n) is 14.8. The summed E-state index contributed by atoms with van der Waals surface area (Å²) in [5, 5.41) is 9.82. The van der Waals surface area contributed by atoms with Crippen molar-refractivity contribution in [3.63, 3.8) is 0 Å². The fourth-order valence-electron chi connectivity index (χ4n) is 2.55. The van der Waals surface area contributed by atoms with Crippen LogP contribution in [0.5, 0.6) is 0 Å². The SMILES string of the molecule is CCCCCC[C@@H](O)C/C=C\CCCCCCCCS(=O)(=O)O. The molecule has 0 radical (unpaired) electrons. The van der Waals surface area contributed by atoms with Crippen LogP contribution >= 0.6 is 0 Å². The molecular weight excluding hydrogens is 312 g/mol. The Hall–Kier alpha value is -0.390. The van der Waals surface area contributed by atoms with Crippen LogP contribution < -0.4 is 0 Å². The third kappa shape index (κ3) is 19.6. The molecule has 23 heavy (non-hydrogen) atoms. The third-order valence-electron chi connectivity index (χ3n) is 3.99. The Balaban J connectivity index is 3.31. The molecule has 1 atom stereocenters. The van der Waals surface area contributed by atoms with Crippen LogP contribution in [-0.2, 0) is 10.1 Å². The first-order valence-corrected chi connectivity index (χ1v) is 10.8. The second-order valence-electron chi connectivity index (χ2n) is 6.41. The van der Waals surface area contributed by atoms with Gasteiger partial charge < -0.3 is 5.11 Å². The molecule has 4 nitrogen and oxygen atoms in total. The molecule has 0 rings (SSSR count). The Labute approximate surface area is 143 Å². The molecule has 0 spiro atoms. The summed E-state index contributed by atoms with van der Waals surface area (Å²) in [6.45, 7) is 2.19. The second-order valence-corrected chi connectivity index (χ2v) is 7.98.